The zero-order chi connectivity index (χ0) is 15.7. The van der Waals surface area contributed by atoms with Gasteiger partial charge in [0.1, 0.15) is 0 Å². The molecule has 0 spiro atoms. The molecule has 0 aliphatic rings. The molecule has 1 aromatic carbocycles. The highest BCUT2D eigenvalue weighted by molar-refractivity contribution is 6.30. The van der Waals surface area contributed by atoms with Crippen molar-refractivity contribution < 1.29 is 14.3 Å². The molecule has 0 saturated carbocycles. The highest BCUT2D eigenvalue weighted by Gasteiger charge is 2.13. The van der Waals surface area contributed by atoms with Crippen molar-refractivity contribution in [2.75, 3.05) is 26.8 Å². The Morgan fingerprint density at radius 2 is 1.95 bits per heavy atom. The van der Waals surface area contributed by atoms with Crippen LogP contribution in [0.3, 0.4) is 0 Å². The maximum absolute atomic E-state index is 11.8. The summed E-state index contributed by atoms with van der Waals surface area (Å²) in [5.74, 6) is -0.313. The number of benzene rings is 1. The normalized spacial score (nSPS) is 10.2. The summed E-state index contributed by atoms with van der Waals surface area (Å²) in [5, 5.41) is 3.41. The minimum absolute atomic E-state index is 0.0466. The minimum atomic E-state index is -0.171. The van der Waals surface area contributed by atoms with E-state index in [1.165, 1.54) is 11.8 Å². The number of nitrogens with zero attached hydrogens (tertiary/aromatic N) is 1. The Morgan fingerprint density at radius 3 is 2.52 bits per heavy atom. The van der Waals surface area contributed by atoms with Gasteiger partial charge in [-0.1, -0.05) is 23.7 Å². The van der Waals surface area contributed by atoms with Gasteiger partial charge in [0, 0.05) is 38.8 Å². The van der Waals surface area contributed by atoms with Gasteiger partial charge in [0.05, 0.1) is 6.54 Å². The van der Waals surface area contributed by atoms with Crippen molar-refractivity contribution in [1.29, 1.82) is 0 Å². The van der Waals surface area contributed by atoms with Gasteiger partial charge in [-0.15, -0.1) is 0 Å². The zero-order valence-corrected chi connectivity index (χ0v) is 13.2. The van der Waals surface area contributed by atoms with E-state index in [1.807, 2.05) is 12.1 Å². The second kappa shape index (κ2) is 9.37. The lowest BCUT2D eigenvalue weighted by Crippen LogP contribution is -2.39. The molecule has 1 rings (SSSR count). The highest BCUT2D eigenvalue weighted by atomic mass is 35.5. The van der Waals surface area contributed by atoms with Gasteiger partial charge in [-0.25, -0.2) is 0 Å². The quantitative estimate of drug-likeness (QED) is 0.745. The van der Waals surface area contributed by atoms with E-state index < -0.39 is 0 Å². The van der Waals surface area contributed by atoms with Gasteiger partial charge >= 0.3 is 0 Å². The molecule has 2 amide bonds. The lowest BCUT2D eigenvalue weighted by atomic mass is 10.2. The summed E-state index contributed by atoms with van der Waals surface area (Å²) in [5.41, 5.74) is 0.932. The van der Waals surface area contributed by atoms with Gasteiger partial charge in [0.25, 0.3) is 0 Å². The molecule has 0 heterocycles. The average molecular weight is 313 g/mol. The summed E-state index contributed by atoms with van der Waals surface area (Å²) in [6.07, 6.45) is 0.749. The maximum atomic E-state index is 11.8. The first kappa shape index (κ1) is 17.5. The van der Waals surface area contributed by atoms with Crippen molar-refractivity contribution in [3.63, 3.8) is 0 Å². The van der Waals surface area contributed by atoms with Crippen molar-refractivity contribution >= 4 is 23.4 Å². The molecule has 0 aliphatic heterocycles. The first-order valence-corrected chi connectivity index (χ1v) is 7.16. The smallest absolute Gasteiger partial charge is 0.239 e. The van der Waals surface area contributed by atoms with Crippen LogP contribution in [-0.2, 0) is 20.9 Å². The number of ether oxygens (including phenoxy) is 1. The van der Waals surface area contributed by atoms with E-state index in [9.17, 15) is 9.59 Å². The number of rotatable bonds is 8. The van der Waals surface area contributed by atoms with E-state index in [0.29, 0.717) is 24.7 Å². The van der Waals surface area contributed by atoms with Gasteiger partial charge < -0.3 is 15.0 Å². The standard InChI is InChI=1S/C15H21ClN2O3/c1-12(19)18(10-13-4-6-14(16)7-5-13)11-15(20)17-8-3-9-21-2/h4-7H,3,8-11H2,1-2H3,(H,17,20). The van der Waals surface area contributed by atoms with Gasteiger partial charge in [-0.3, -0.25) is 9.59 Å². The predicted octanol–water partition coefficient (Wildman–Crippen LogP) is 1.84. The van der Waals surface area contributed by atoms with Gasteiger partial charge in [-0.05, 0) is 24.1 Å². The molecule has 0 fully saturated rings. The van der Waals surface area contributed by atoms with Crippen LogP contribution in [0.2, 0.25) is 5.02 Å². The number of halogens is 1. The van der Waals surface area contributed by atoms with E-state index in [1.54, 1.807) is 19.2 Å². The van der Waals surface area contributed by atoms with Crippen molar-refractivity contribution in [1.82, 2.24) is 10.2 Å². The van der Waals surface area contributed by atoms with E-state index in [4.69, 9.17) is 16.3 Å². The molecular weight excluding hydrogens is 292 g/mol. The van der Waals surface area contributed by atoms with Crippen LogP contribution in [0, 0.1) is 0 Å². The van der Waals surface area contributed by atoms with Crippen LogP contribution in [0.15, 0.2) is 24.3 Å². The predicted molar refractivity (Wildman–Crippen MR) is 82.0 cm³/mol. The third kappa shape index (κ3) is 7.11. The molecule has 0 atom stereocenters. The van der Waals surface area contributed by atoms with Gasteiger partial charge in [-0.2, -0.15) is 0 Å². The molecule has 0 bridgehead atoms. The van der Waals surface area contributed by atoms with Crippen molar-refractivity contribution in [2.45, 2.75) is 19.9 Å². The monoisotopic (exact) mass is 312 g/mol. The van der Waals surface area contributed by atoms with E-state index in [2.05, 4.69) is 5.32 Å². The van der Waals surface area contributed by atoms with Crippen LogP contribution in [-0.4, -0.2) is 43.5 Å². The summed E-state index contributed by atoms with van der Waals surface area (Å²) in [6, 6.07) is 7.21. The van der Waals surface area contributed by atoms with Crippen LogP contribution < -0.4 is 5.32 Å². The molecular formula is C15H21ClN2O3. The number of nitrogens with one attached hydrogen (secondary N) is 1. The topological polar surface area (TPSA) is 58.6 Å². The number of carbonyl (C=O) groups is 2. The fourth-order valence-corrected chi connectivity index (χ4v) is 1.89. The van der Waals surface area contributed by atoms with E-state index in [0.717, 1.165) is 12.0 Å². The van der Waals surface area contributed by atoms with Crippen LogP contribution in [0.25, 0.3) is 0 Å². The third-order valence-electron chi connectivity index (χ3n) is 2.91. The molecule has 0 saturated heterocycles. The average Bonchev–Trinajstić information content (AvgIpc) is 2.45. The third-order valence-corrected chi connectivity index (χ3v) is 3.17. The van der Waals surface area contributed by atoms with Crippen LogP contribution in [0.4, 0.5) is 0 Å². The van der Waals surface area contributed by atoms with E-state index >= 15 is 0 Å². The summed E-state index contributed by atoms with van der Waals surface area (Å²) in [6.45, 7) is 3.03. The first-order chi connectivity index (χ1) is 10.0. The Hall–Kier alpha value is -1.59. The molecule has 0 radical (unpaired) electrons. The molecule has 0 aromatic heterocycles. The van der Waals surface area contributed by atoms with E-state index in [-0.39, 0.29) is 18.4 Å². The number of carbonyl (C=O) groups excluding carboxylic acids is 2. The summed E-state index contributed by atoms with van der Waals surface area (Å²) in [4.78, 5) is 24.9. The summed E-state index contributed by atoms with van der Waals surface area (Å²) >= 11 is 5.82. The summed E-state index contributed by atoms with van der Waals surface area (Å²) < 4.78 is 4.90. The van der Waals surface area contributed by atoms with Crippen molar-refractivity contribution in [3.8, 4) is 0 Å². The van der Waals surface area contributed by atoms with Crippen LogP contribution >= 0.6 is 11.6 Å². The summed E-state index contributed by atoms with van der Waals surface area (Å²) in [7, 11) is 1.62. The molecule has 1 aromatic rings. The molecule has 1 N–H and O–H groups in total. The fraction of sp³-hybridized carbons (Fsp3) is 0.467. The Morgan fingerprint density at radius 1 is 1.29 bits per heavy atom. The van der Waals surface area contributed by atoms with Gasteiger partial charge in [0.2, 0.25) is 11.8 Å². The number of hydrogen-bond acceptors (Lipinski definition) is 3. The Balaban J connectivity index is 2.48. The van der Waals surface area contributed by atoms with Crippen LogP contribution in [0.1, 0.15) is 18.9 Å². The largest absolute Gasteiger partial charge is 0.385 e. The molecule has 5 nitrogen and oxygen atoms in total. The highest BCUT2D eigenvalue weighted by Crippen LogP contribution is 2.11. The molecule has 0 aliphatic carbocycles. The molecule has 0 unspecified atom stereocenters. The van der Waals surface area contributed by atoms with Crippen LogP contribution in [0.5, 0.6) is 0 Å². The number of amides is 2. The number of hydrogen-bond donors (Lipinski definition) is 1. The molecule has 21 heavy (non-hydrogen) atoms. The van der Waals surface area contributed by atoms with Crippen molar-refractivity contribution in [3.05, 3.63) is 34.9 Å². The first-order valence-electron chi connectivity index (χ1n) is 6.78. The Labute approximate surface area is 130 Å². The SMILES string of the molecule is COCCCNC(=O)CN(Cc1ccc(Cl)cc1)C(C)=O. The Kier molecular flexibility index (Phi) is 7.79. The zero-order valence-electron chi connectivity index (χ0n) is 12.4. The molecule has 6 heteroatoms. The van der Waals surface area contributed by atoms with Gasteiger partial charge in [0.15, 0.2) is 0 Å². The fourth-order valence-electron chi connectivity index (χ4n) is 1.76. The maximum Gasteiger partial charge on any atom is 0.239 e. The number of methoxy groups -OCH3 is 1. The Bertz CT molecular complexity index is 462. The lowest BCUT2D eigenvalue weighted by Gasteiger charge is -2.20. The lowest BCUT2D eigenvalue weighted by molar-refractivity contribution is -0.134. The molecule has 116 valence electrons. The second-order valence-electron chi connectivity index (χ2n) is 4.70. The minimum Gasteiger partial charge on any atom is -0.385 e. The second-order valence-corrected chi connectivity index (χ2v) is 5.13. The van der Waals surface area contributed by atoms with Crippen molar-refractivity contribution in [2.24, 2.45) is 0 Å².